The van der Waals surface area contributed by atoms with Crippen molar-refractivity contribution in [1.82, 2.24) is 15.0 Å². The van der Waals surface area contributed by atoms with Crippen molar-refractivity contribution in [3.63, 3.8) is 0 Å². The molecule has 0 atom stereocenters. The normalized spacial score (nSPS) is 10.3. The molecule has 0 bridgehead atoms. The van der Waals surface area contributed by atoms with E-state index >= 15 is 0 Å². The van der Waals surface area contributed by atoms with Crippen molar-refractivity contribution >= 4 is 5.82 Å². The van der Waals surface area contributed by atoms with Crippen molar-refractivity contribution in [1.29, 1.82) is 0 Å². The van der Waals surface area contributed by atoms with E-state index in [9.17, 15) is 0 Å². The molecule has 104 valence electrons. The molecule has 4 heteroatoms. The second kappa shape index (κ2) is 6.13. The molecule has 0 aliphatic carbocycles. The van der Waals surface area contributed by atoms with Crippen LogP contribution in [0.2, 0.25) is 0 Å². The average molecular weight is 276 g/mol. The Balaban J connectivity index is 2.11. The molecule has 0 fully saturated rings. The van der Waals surface area contributed by atoms with Gasteiger partial charge in [0.25, 0.3) is 0 Å². The summed E-state index contributed by atoms with van der Waals surface area (Å²) >= 11 is 0. The lowest BCUT2D eigenvalue weighted by molar-refractivity contribution is 1.11. The molecule has 0 radical (unpaired) electrons. The monoisotopic (exact) mass is 276 g/mol. The zero-order valence-electron chi connectivity index (χ0n) is 11.8. The van der Waals surface area contributed by atoms with E-state index in [-0.39, 0.29) is 0 Å². The van der Waals surface area contributed by atoms with Crippen molar-refractivity contribution in [2.45, 2.75) is 6.92 Å². The van der Waals surface area contributed by atoms with Crippen LogP contribution in [0.15, 0.2) is 60.9 Å². The van der Waals surface area contributed by atoms with Gasteiger partial charge in [-0.15, -0.1) is 0 Å². The van der Waals surface area contributed by atoms with Crippen LogP contribution in [-0.2, 0) is 0 Å². The molecule has 0 saturated heterocycles. The summed E-state index contributed by atoms with van der Waals surface area (Å²) in [6.07, 6.45) is 3.52. The van der Waals surface area contributed by atoms with Crippen LogP contribution in [0.5, 0.6) is 0 Å². The highest BCUT2D eigenvalue weighted by Gasteiger charge is 2.08. The van der Waals surface area contributed by atoms with Gasteiger partial charge in [-0.05, 0) is 19.1 Å². The van der Waals surface area contributed by atoms with E-state index in [0.717, 1.165) is 29.2 Å². The van der Waals surface area contributed by atoms with Gasteiger partial charge in [0, 0.05) is 36.1 Å². The molecule has 4 nitrogen and oxygen atoms in total. The SMILES string of the molecule is CCNc1cc(-c2ccccc2)nc(-c2cccnc2)n1. The van der Waals surface area contributed by atoms with E-state index in [4.69, 9.17) is 0 Å². The van der Waals surface area contributed by atoms with Crippen molar-refractivity contribution < 1.29 is 0 Å². The fourth-order valence-electron chi connectivity index (χ4n) is 2.10. The largest absolute Gasteiger partial charge is 0.370 e. The van der Waals surface area contributed by atoms with E-state index in [0.29, 0.717) is 5.82 Å². The number of hydrogen-bond donors (Lipinski definition) is 1. The fourth-order valence-corrected chi connectivity index (χ4v) is 2.10. The number of benzene rings is 1. The number of hydrogen-bond acceptors (Lipinski definition) is 4. The predicted molar refractivity (Wildman–Crippen MR) is 84.9 cm³/mol. The highest BCUT2D eigenvalue weighted by Crippen LogP contribution is 2.23. The minimum atomic E-state index is 0.681. The summed E-state index contributed by atoms with van der Waals surface area (Å²) in [5, 5.41) is 3.26. The van der Waals surface area contributed by atoms with Crippen molar-refractivity contribution in [2.75, 3.05) is 11.9 Å². The molecule has 0 amide bonds. The molecular formula is C17H16N4. The molecule has 2 heterocycles. The summed E-state index contributed by atoms with van der Waals surface area (Å²) in [6.45, 7) is 2.87. The second-order valence-corrected chi connectivity index (χ2v) is 4.60. The maximum absolute atomic E-state index is 4.67. The standard InChI is InChI=1S/C17H16N4/c1-2-19-16-11-15(13-7-4-3-5-8-13)20-17(21-16)14-9-6-10-18-12-14/h3-12H,2H2,1H3,(H,19,20,21). The Labute approximate surface area is 123 Å². The Kier molecular flexibility index (Phi) is 3.87. The third kappa shape index (κ3) is 3.05. The lowest BCUT2D eigenvalue weighted by Gasteiger charge is -2.09. The van der Waals surface area contributed by atoms with Crippen molar-refractivity contribution in [3.8, 4) is 22.6 Å². The summed E-state index contributed by atoms with van der Waals surface area (Å²) in [4.78, 5) is 13.4. The van der Waals surface area contributed by atoms with Gasteiger partial charge in [-0.25, -0.2) is 9.97 Å². The molecule has 1 N–H and O–H groups in total. The molecule has 0 spiro atoms. The van der Waals surface area contributed by atoms with Gasteiger partial charge in [0.1, 0.15) is 5.82 Å². The minimum absolute atomic E-state index is 0.681. The summed E-state index contributed by atoms with van der Waals surface area (Å²) in [7, 11) is 0. The van der Waals surface area contributed by atoms with Gasteiger partial charge >= 0.3 is 0 Å². The van der Waals surface area contributed by atoms with Gasteiger partial charge in [0.2, 0.25) is 0 Å². The van der Waals surface area contributed by atoms with E-state index in [2.05, 4.69) is 20.3 Å². The van der Waals surface area contributed by atoms with Crippen LogP contribution in [0.1, 0.15) is 6.92 Å². The van der Waals surface area contributed by atoms with Crippen LogP contribution in [0.25, 0.3) is 22.6 Å². The molecule has 0 aliphatic rings. The van der Waals surface area contributed by atoms with Crippen LogP contribution in [0, 0.1) is 0 Å². The van der Waals surface area contributed by atoms with Crippen LogP contribution < -0.4 is 5.32 Å². The number of aromatic nitrogens is 3. The highest BCUT2D eigenvalue weighted by molar-refractivity contribution is 5.67. The number of nitrogens with zero attached hydrogens (tertiary/aromatic N) is 3. The Morgan fingerprint density at radius 2 is 1.76 bits per heavy atom. The summed E-state index contributed by atoms with van der Waals surface area (Å²) < 4.78 is 0. The Morgan fingerprint density at radius 3 is 2.48 bits per heavy atom. The molecule has 3 rings (SSSR count). The second-order valence-electron chi connectivity index (χ2n) is 4.60. The topological polar surface area (TPSA) is 50.7 Å². The predicted octanol–water partition coefficient (Wildman–Crippen LogP) is 3.64. The first-order valence-electron chi connectivity index (χ1n) is 6.95. The van der Waals surface area contributed by atoms with Crippen LogP contribution in [-0.4, -0.2) is 21.5 Å². The third-order valence-electron chi connectivity index (χ3n) is 3.07. The zero-order chi connectivity index (χ0) is 14.5. The first kappa shape index (κ1) is 13.2. The molecule has 2 aromatic heterocycles. The lowest BCUT2D eigenvalue weighted by Crippen LogP contribution is -2.02. The Hall–Kier alpha value is -2.75. The summed E-state index contributed by atoms with van der Waals surface area (Å²) in [5.41, 5.74) is 2.89. The van der Waals surface area contributed by atoms with Gasteiger partial charge < -0.3 is 5.32 Å². The highest BCUT2D eigenvalue weighted by atomic mass is 15.0. The quantitative estimate of drug-likeness (QED) is 0.790. The fraction of sp³-hybridized carbons (Fsp3) is 0.118. The average Bonchev–Trinajstić information content (AvgIpc) is 2.56. The van der Waals surface area contributed by atoms with E-state index in [1.54, 1.807) is 12.4 Å². The number of anilines is 1. The van der Waals surface area contributed by atoms with Gasteiger partial charge in [-0.1, -0.05) is 30.3 Å². The molecular weight excluding hydrogens is 260 g/mol. The van der Waals surface area contributed by atoms with Gasteiger partial charge in [0.15, 0.2) is 5.82 Å². The molecule has 0 aliphatic heterocycles. The molecule has 0 saturated carbocycles. The maximum atomic E-state index is 4.67. The molecule has 1 aromatic carbocycles. The maximum Gasteiger partial charge on any atom is 0.163 e. The van der Waals surface area contributed by atoms with Crippen molar-refractivity contribution in [2.24, 2.45) is 0 Å². The van der Waals surface area contributed by atoms with E-state index in [1.165, 1.54) is 0 Å². The third-order valence-corrected chi connectivity index (χ3v) is 3.07. The van der Waals surface area contributed by atoms with Crippen LogP contribution in [0.3, 0.4) is 0 Å². The summed E-state index contributed by atoms with van der Waals surface area (Å²) in [5.74, 6) is 1.51. The number of nitrogens with one attached hydrogen (secondary N) is 1. The van der Waals surface area contributed by atoms with Crippen LogP contribution in [0.4, 0.5) is 5.82 Å². The smallest absolute Gasteiger partial charge is 0.163 e. The van der Waals surface area contributed by atoms with Crippen LogP contribution >= 0.6 is 0 Å². The van der Waals surface area contributed by atoms with Gasteiger partial charge in [0.05, 0.1) is 5.69 Å². The lowest BCUT2D eigenvalue weighted by atomic mass is 10.1. The van der Waals surface area contributed by atoms with E-state index in [1.807, 2.05) is 55.5 Å². The number of rotatable bonds is 4. The molecule has 3 aromatic rings. The number of pyridine rings is 1. The molecule has 21 heavy (non-hydrogen) atoms. The van der Waals surface area contributed by atoms with Crippen molar-refractivity contribution in [3.05, 3.63) is 60.9 Å². The first-order chi connectivity index (χ1) is 10.4. The first-order valence-corrected chi connectivity index (χ1v) is 6.95. The Morgan fingerprint density at radius 1 is 0.952 bits per heavy atom. The minimum Gasteiger partial charge on any atom is -0.370 e. The van der Waals surface area contributed by atoms with Gasteiger partial charge in [-0.3, -0.25) is 4.98 Å². The van der Waals surface area contributed by atoms with E-state index < -0.39 is 0 Å². The molecule has 0 unspecified atom stereocenters. The Bertz CT molecular complexity index is 654. The summed E-state index contributed by atoms with van der Waals surface area (Å²) in [6, 6.07) is 15.9. The van der Waals surface area contributed by atoms with Gasteiger partial charge in [-0.2, -0.15) is 0 Å². The zero-order valence-corrected chi connectivity index (χ0v) is 11.8.